The van der Waals surface area contributed by atoms with Gasteiger partial charge in [-0.25, -0.2) is 9.97 Å². The van der Waals surface area contributed by atoms with E-state index in [4.69, 9.17) is 9.97 Å². The van der Waals surface area contributed by atoms with Crippen LogP contribution in [0.15, 0.2) is 158 Å². The Morgan fingerprint density at radius 2 is 0.886 bits per heavy atom. The van der Waals surface area contributed by atoms with Gasteiger partial charge in [0.1, 0.15) is 5.82 Å². The predicted molar refractivity (Wildman–Crippen MR) is 182 cm³/mol. The third-order valence-electron chi connectivity index (χ3n) is 8.53. The standard InChI is InChI=1S/C40H26N4/c1-4-14-27(15-5-1)32-26-37(42-40(41-32)28-16-6-2-7-17-28)44-34-23-13-11-21-31(34)39-36(44)25-24-35-38(39)30-20-10-12-22-33(30)43(35)29-18-8-3-9-19-29/h1-26H. The third-order valence-corrected chi connectivity index (χ3v) is 8.53. The van der Waals surface area contributed by atoms with Gasteiger partial charge in [0.25, 0.3) is 0 Å². The van der Waals surface area contributed by atoms with Crippen LogP contribution in [-0.2, 0) is 0 Å². The van der Waals surface area contributed by atoms with Crippen molar-refractivity contribution in [1.29, 1.82) is 0 Å². The molecule has 0 unspecified atom stereocenters. The lowest BCUT2D eigenvalue weighted by Crippen LogP contribution is -2.02. The summed E-state index contributed by atoms with van der Waals surface area (Å²) < 4.78 is 4.68. The molecule has 0 spiro atoms. The van der Waals surface area contributed by atoms with E-state index in [-0.39, 0.29) is 0 Å². The normalized spacial score (nSPS) is 11.6. The lowest BCUT2D eigenvalue weighted by atomic mass is 10.1. The summed E-state index contributed by atoms with van der Waals surface area (Å²) in [5.41, 5.74) is 8.70. The summed E-state index contributed by atoms with van der Waals surface area (Å²) in [6, 6.07) is 55.2. The molecule has 0 amide bonds. The highest BCUT2D eigenvalue weighted by Crippen LogP contribution is 2.42. The molecule has 0 saturated carbocycles. The van der Waals surface area contributed by atoms with Crippen molar-refractivity contribution in [2.45, 2.75) is 0 Å². The van der Waals surface area contributed by atoms with E-state index < -0.39 is 0 Å². The molecule has 9 aromatic rings. The second kappa shape index (κ2) is 9.79. The van der Waals surface area contributed by atoms with E-state index in [1.807, 2.05) is 24.3 Å². The van der Waals surface area contributed by atoms with Crippen LogP contribution in [0, 0.1) is 0 Å². The Labute approximate surface area is 254 Å². The molecule has 3 heterocycles. The summed E-state index contributed by atoms with van der Waals surface area (Å²) in [5.74, 6) is 1.55. The van der Waals surface area contributed by atoms with Gasteiger partial charge in [-0.1, -0.05) is 115 Å². The zero-order valence-corrected chi connectivity index (χ0v) is 23.8. The summed E-state index contributed by atoms with van der Waals surface area (Å²) in [6.45, 7) is 0. The molecule has 0 fully saturated rings. The van der Waals surface area contributed by atoms with Gasteiger partial charge in [0, 0.05) is 44.4 Å². The molecule has 206 valence electrons. The van der Waals surface area contributed by atoms with Gasteiger partial charge in [0.15, 0.2) is 5.82 Å². The van der Waals surface area contributed by atoms with Crippen molar-refractivity contribution in [2.75, 3.05) is 0 Å². The Morgan fingerprint density at radius 1 is 0.386 bits per heavy atom. The Kier molecular flexibility index (Phi) is 5.47. The van der Waals surface area contributed by atoms with E-state index in [0.29, 0.717) is 5.82 Å². The van der Waals surface area contributed by atoms with Crippen molar-refractivity contribution in [3.8, 4) is 34.2 Å². The number of nitrogens with zero attached hydrogens (tertiary/aromatic N) is 4. The molecule has 44 heavy (non-hydrogen) atoms. The Hall–Kier alpha value is -6.00. The number of fused-ring (bicyclic) bond motifs is 7. The van der Waals surface area contributed by atoms with Crippen LogP contribution < -0.4 is 0 Å². The molecule has 0 N–H and O–H groups in total. The zero-order valence-electron chi connectivity index (χ0n) is 23.8. The summed E-state index contributed by atoms with van der Waals surface area (Å²) in [6.07, 6.45) is 0. The van der Waals surface area contributed by atoms with Crippen LogP contribution in [-0.4, -0.2) is 19.1 Å². The maximum Gasteiger partial charge on any atom is 0.162 e. The molecule has 4 nitrogen and oxygen atoms in total. The molecule has 0 aliphatic carbocycles. The van der Waals surface area contributed by atoms with Crippen LogP contribution in [0.2, 0.25) is 0 Å². The maximum atomic E-state index is 5.21. The molecule has 0 saturated heterocycles. The maximum absolute atomic E-state index is 5.21. The van der Waals surface area contributed by atoms with Crippen molar-refractivity contribution in [3.05, 3.63) is 158 Å². The van der Waals surface area contributed by atoms with Gasteiger partial charge in [-0.2, -0.15) is 0 Å². The Balaban J connectivity index is 1.41. The van der Waals surface area contributed by atoms with Gasteiger partial charge < -0.3 is 4.57 Å². The van der Waals surface area contributed by atoms with E-state index in [2.05, 4.69) is 143 Å². The second-order valence-corrected chi connectivity index (χ2v) is 11.1. The quantitative estimate of drug-likeness (QED) is 0.214. The highest BCUT2D eigenvalue weighted by atomic mass is 15.1. The van der Waals surface area contributed by atoms with Gasteiger partial charge in [0.2, 0.25) is 0 Å². The van der Waals surface area contributed by atoms with Crippen molar-refractivity contribution in [2.24, 2.45) is 0 Å². The van der Waals surface area contributed by atoms with Crippen LogP contribution in [0.1, 0.15) is 0 Å². The fourth-order valence-corrected chi connectivity index (χ4v) is 6.64. The molecule has 0 bridgehead atoms. The fourth-order valence-electron chi connectivity index (χ4n) is 6.64. The van der Waals surface area contributed by atoms with Crippen LogP contribution >= 0.6 is 0 Å². The molecule has 0 atom stereocenters. The summed E-state index contributed by atoms with van der Waals surface area (Å²) in [7, 11) is 0. The first-order chi connectivity index (χ1) is 21.8. The summed E-state index contributed by atoms with van der Waals surface area (Å²) in [5, 5.41) is 4.91. The first-order valence-electron chi connectivity index (χ1n) is 14.9. The fraction of sp³-hybridized carbons (Fsp3) is 0. The van der Waals surface area contributed by atoms with Crippen molar-refractivity contribution in [1.82, 2.24) is 19.1 Å². The van der Waals surface area contributed by atoms with Gasteiger partial charge in [0.05, 0.1) is 27.8 Å². The third kappa shape index (κ3) is 3.71. The van der Waals surface area contributed by atoms with Crippen molar-refractivity contribution >= 4 is 43.6 Å². The van der Waals surface area contributed by atoms with Gasteiger partial charge >= 0.3 is 0 Å². The minimum absolute atomic E-state index is 0.703. The first-order valence-corrected chi connectivity index (χ1v) is 14.9. The van der Waals surface area contributed by atoms with Crippen molar-refractivity contribution < 1.29 is 0 Å². The molecule has 0 aliphatic heterocycles. The number of benzene rings is 6. The highest BCUT2D eigenvalue weighted by Gasteiger charge is 2.21. The number of hydrogen-bond donors (Lipinski definition) is 0. The average Bonchev–Trinajstić information content (AvgIpc) is 3.62. The van der Waals surface area contributed by atoms with Crippen LogP contribution in [0.4, 0.5) is 0 Å². The van der Waals surface area contributed by atoms with Crippen LogP contribution in [0.5, 0.6) is 0 Å². The molecule has 0 aliphatic rings. The first kappa shape index (κ1) is 24.6. The number of rotatable bonds is 4. The lowest BCUT2D eigenvalue weighted by molar-refractivity contribution is 1.05. The van der Waals surface area contributed by atoms with E-state index in [1.54, 1.807) is 0 Å². The van der Waals surface area contributed by atoms with Crippen LogP contribution in [0.3, 0.4) is 0 Å². The van der Waals surface area contributed by atoms with Gasteiger partial charge in [-0.15, -0.1) is 0 Å². The molecular weight excluding hydrogens is 536 g/mol. The molecular formula is C40H26N4. The molecule has 3 aromatic heterocycles. The number of aromatic nitrogens is 4. The Bertz CT molecular complexity index is 2420. The largest absolute Gasteiger partial charge is 0.309 e. The molecule has 0 radical (unpaired) electrons. The Morgan fingerprint density at radius 3 is 1.52 bits per heavy atom. The van der Waals surface area contributed by atoms with E-state index in [9.17, 15) is 0 Å². The second-order valence-electron chi connectivity index (χ2n) is 11.1. The predicted octanol–water partition coefficient (Wildman–Crippen LogP) is 10.0. The highest BCUT2D eigenvalue weighted by molar-refractivity contribution is 6.28. The monoisotopic (exact) mass is 562 g/mol. The number of para-hydroxylation sites is 3. The minimum atomic E-state index is 0.703. The van der Waals surface area contributed by atoms with Crippen LogP contribution in [0.25, 0.3) is 77.8 Å². The summed E-state index contributed by atoms with van der Waals surface area (Å²) in [4.78, 5) is 10.3. The average molecular weight is 563 g/mol. The molecule has 9 rings (SSSR count). The van der Waals surface area contributed by atoms with E-state index in [1.165, 1.54) is 32.6 Å². The SMILES string of the molecule is c1ccc(-c2cc(-n3c4ccccc4c4c5c6ccccc6n(-c6ccccc6)c5ccc43)nc(-c3ccccc3)n2)cc1. The van der Waals surface area contributed by atoms with Gasteiger partial charge in [-0.3, -0.25) is 4.57 Å². The smallest absolute Gasteiger partial charge is 0.162 e. The molecule has 4 heteroatoms. The topological polar surface area (TPSA) is 35.6 Å². The lowest BCUT2D eigenvalue weighted by Gasteiger charge is -2.12. The minimum Gasteiger partial charge on any atom is -0.309 e. The zero-order chi connectivity index (χ0) is 29.0. The van der Waals surface area contributed by atoms with E-state index in [0.717, 1.165) is 39.4 Å². The van der Waals surface area contributed by atoms with Crippen molar-refractivity contribution in [3.63, 3.8) is 0 Å². The molecule has 6 aromatic carbocycles. The van der Waals surface area contributed by atoms with E-state index >= 15 is 0 Å². The van der Waals surface area contributed by atoms with Gasteiger partial charge in [-0.05, 0) is 36.4 Å². The number of hydrogen-bond acceptors (Lipinski definition) is 2. The summed E-state index contributed by atoms with van der Waals surface area (Å²) >= 11 is 0.